The number of carbonyl (C=O) groups is 1. The van der Waals surface area contributed by atoms with E-state index in [4.69, 9.17) is 24.0 Å². The van der Waals surface area contributed by atoms with Gasteiger partial charge in [-0.15, -0.1) is 0 Å². The number of ether oxygens (including phenoxy) is 3. The van der Waals surface area contributed by atoms with E-state index in [2.05, 4.69) is 6.92 Å². The van der Waals surface area contributed by atoms with Crippen molar-refractivity contribution < 1.29 is 28.8 Å². The Bertz CT molecular complexity index is 509. The quantitative estimate of drug-likeness (QED) is 0.726. The highest BCUT2D eigenvalue weighted by Gasteiger charge is 2.70. The van der Waals surface area contributed by atoms with Crippen LogP contribution in [-0.4, -0.2) is 36.4 Å². The van der Waals surface area contributed by atoms with E-state index in [0.29, 0.717) is 25.2 Å². The van der Waals surface area contributed by atoms with Crippen molar-refractivity contribution in [1.29, 1.82) is 0 Å². The predicted octanol–water partition coefficient (Wildman–Crippen LogP) is 2.41. The number of fused-ring (bicyclic) bond motifs is 2. The summed E-state index contributed by atoms with van der Waals surface area (Å²) in [7, 11) is 0. The average Bonchev–Trinajstić information content (AvgIpc) is 2.74. The molecule has 0 aromatic rings. The predicted molar refractivity (Wildman–Crippen MR) is 78.8 cm³/mol. The molecule has 1 spiro atoms. The summed E-state index contributed by atoms with van der Waals surface area (Å²) in [5.74, 6) is -0.520. The molecule has 0 radical (unpaired) electrons. The molecular weight excluding hydrogens is 300 g/mol. The van der Waals surface area contributed by atoms with Crippen molar-refractivity contribution in [2.24, 2.45) is 23.7 Å². The zero-order chi connectivity index (χ0) is 16.4. The van der Waals surface area contributed by atoms with E-state index in [-0.39, 0.29) is 30.0 Å². The van der Waals surface area contributed by atoms with E-state index in [0.717, 1.165) is 6.42 Å². The molecule has 5 aliphatic rings. The number of ketones is 1. The Labute approximate surface area is 136 Å². The Morgan fingerprint density at radius 2 is 2.04 bits per heavy atom. The monoisotopic (exact) mass is 326 g/mol. The van der Waals surface area contributed by atoms with Crippen molar-refractivity contribution >= 4 is 5.78 Å². The molecule has 6 nitrogen and oxygen atoms in total. The number of Topliss-reactive ketones (excluding diaryl/α,β-unsaturated/α-hetero) is 1. The normalized spacial score (nSPS) is 55.4. The van der Waals surface area contributed by atoms with Crippen LogP contribution >= 0.6 is 0 Å². The first-order valence-electron chi connectivity index (χ1n) is 8.75. The van der Waals surface area contributed by atoms with Gasteiger partial charge in [0, 0.05) is 43.1 Å². The van der Waals surface area contributed by atoms with Gasteiger partial charge in [0.1, 0.15) is 5.78 Å². The molecule has 1 saturated carbocycles. The largest absolute Gasteiger partial charge is 0.353 e. The van der Waals surface area contributed by atoms with Crippen LogP contribution in [0.2, 0.25) is 0 Å². The SMILES string of the molecule is CCO[C@H]1O[C@@H]2O[C@@]3(C)CC[C@H]4[C@H](C)C(=O)C[C@@H]([C@H]1C)[C@]24OO3. The smallest absolute Gasteiger partial charge is 0.201 e. The Kier molecular flexibility index (Phi) is 3.63. The molecule has 2 bridgehead atoms. The van der Waals surface area contributed by atoms with E-state index < -0.39 is 17.7 Å². The maximum atomic E-state index is 12.6. The first kappa shape index (κ1) is 16.0. The lowest BCUT2D eigenvalue weighted by molar-refractivity contribution is -0.575. The molecule has 8 atom stereocenters. The van der Waals surface area contributed by atoms with Gasteiger partial charge in [0.05, 0.1) is 0 Å². The summed E-state index contributed by atoms with van der Waals surface area (Å²) in [6.07, 6.45) is 1.06. The van der Waals surface area contributed by atoms with Crippen molar-refractivity contribution in [2.45, 2.75) is 70.9 Å². The van der Waals surface area contributed by atoms with Gasteiger partial charge in [-0.25, -0.2) is 9.78 Å². The highest BCUT2D eigenvalue weighted by molar-refractivity contribution is 5.82. The molecule has 130 valence electrons. The van der Waals surface area contributed by atoms with Gasteiger partial charge in [-0.1, -0.05) is 13.8 Å². The molecule has 0 amide bonds. The molecule has 4 saturated heterocycles. The molecule has 0 unspecified atom stereocenters. The fourth-order valence-electron chi connectivity index (χ4n) is 4.98. The summed E-state index contributed by atoms with van der Waals surface area (Å²) < 4.78 is 18.1. The second-order valence-electron chi connectivity index (χ2n) is 7.63. The summed E-state index contributed by atoms with van der Waals surface area (Å²) in [4.78, 5) is 24.3. The van der Waals surface area contributed by atoms with Crippen molar-refractivity contribution in [2.75, 3.05) is 6.61 Å². The third kappa shape index (κ3) is 2.09. The van der Waals surface area contributed by atoms with E-state index >= 15 is 0 Å². The molecule has 0 aromatic carbocycles. The lowest BCUT2D eigenvalue weighted by Gasteiger charge is -2.59. The van der Waals surface area contributed by atoms with Crippen molar-refractivity contribution in [3.05, 3.63) is 0 Å². The van der Waals surface area contributed by atoms with Gasteiger partial charge in [-0.05, 0) is 20.3 Å². The van der Waals surface area contributed by atoms with Gasteiger partial charge in [0.2, 0.25) is 5.79 Å². The zero-order valence-electron chi connectivity index (χ0n) is 14.2. The van der Waals surface area contributed by atoms with Crippen LogP contribution in [0.25, 0.3) is 0 Å². The lowest BCUT2D eigenvalue weighted by Crippen LogP contribution is -2.71. The Morgan fingerprint density at radius 1 is 1.26 bits per heavy atom. The summed E-state index contributed by atoms with van der Waals surface area (Å²) in [6, 6.07) is 0. The zero-order valence-corrected chi connectivity index (χ0v) is 14.2. The van der Waals surface area contributed by atoms with Gasteiger partial charge in [0.15, 0.2) is 18.2 Å². The van der Waals surface area contributed by atoms with Gasteiger partial charge in [-0.3, -0.25) is 4.79 Å². The first-order valence-corrected chi connectivity index (χ1v) is 8.75. The lowest BCUT2D eigenvalue weighted by atomic mass is 9.57. The fourth-order valence-corrected chi connectivity index (χ4v) is 4.98. The standard InChI is InChI=1S/C17H26O6/c1-5-19-14-10(3)12-8-13(18)9(2)11-6-7-16(4)21-15(20-14)17(11,12)23-22-16/h9-12,14-15H,5-8H2,1-4H3/t9-,10+,11-,12-,14-,15+,16+,17-/m0/s1. The third-order valence-electron chi connectivity index (χ3n) is 6.34. The summed E-state index contributed by atoms with van der Waals surface area (Å²) >= 11 is 0. The fraction of sp³-hybridized carbons (Fsp3) is 0.941. The van der Waals surface area contributed by atoms with Crippen LogP contribution in [0.1, 0.15) is 47.0 Å². The summed E-state index contributed by atoms with van der Waals surface area (Å²) in [5, 5.41) is 0. The molecule has 0 N–H and O–H groups in total. The van der Waals surface area contributed by atoms with Gasteiger partial charge >= 0.3 is 0 Å². The molecule has 4 aliphatic heterocycles. The second kappa shape index (κ2) is 5.23. The Morgan fingerprint density at radius 3 is 2.78 bits per heavy atom. The third-order valence-corrected chi connectivity index (χ3v) is 6.34. The topological polar surface area (TPSA) is 63.2 Å². The molecule has 5 fully saturated rings. The first-order chi connectivity index (χ1) is 10.9. The molecule has 5 rings (SSSR count). The number of hydrogen-bond acceptors (Lipinski definition) is 6. The van der Waals surface area contributed by atoms with Gasteiger partial charge in [-0.2, -0.15) is 0 Å². The van der Waals surface area contributed by atoms with Crippen LogP contribution < -0.4 is 0 Å². The molecule has 4 heterocycles. The summed E-state index contributed by atoms with van der Waals surface area (Å²) in [6.45, 7) is 8.44. The van der Waals surface area contributed by atoms with E-state index in [1.165, 1.54) is 0 Å². The second-order valence-corrected chi connectivity index (χ2v) is 7.63. The summed E-state index contributed by atoms with van der Waals surface area (Å²) in [5.41, 5.74) is -0.712. The number of hydrogen-bond donors (Lipinski definition) is 0. The molecule has 1 aliphatic carbocycles. The minimum Gasteiger partial charge on any atom is -0.353 e. The minimum atomic E-state index is -0.822. The molecule has 0 aromatic heterocycles. The maximum Gasteiger partial charge on any atom is 0.201 e. The van der Waals surface area contributed by atoms with Crippen LogP contribution in [0.4, 0.5) is 0 Å². The number of carbonyl (C=O) groups excluding carboxylic acids is 1. The Balaban J connectivity index is 1.79. The minimum absolute atomic E-state index is 0.0193. The van der Waals surface area contributed by atoms with Crippen LogP contribution in [0.15, 0.2) is 0 Å². The van der Waals surface area contributed by atoms with Crippen LogP contribution in [0, 0.1) is 23.7 Å². The molecule has 6 heteroatoms. The number of rotatable bonds is 2. The van der Waals surface area contributed by atoms with Gasteiger partial charge < -0.3 is 14.2 Å². The van der Waals surface area contributed by atoms with Crippen molar-refractivity contribution in [3.8, 4) is 0 Å². The van der Waals surface area contributed by atoms with E-state index in [1.807, 2.05) is 20.8 Å². The van der Waals surface area contributed by atoms with Gasteiger partial charge in [0.25, 0.3) is 0 Å². The van der Waals surface area contributed by atoms with Crippen molar-refractivity contribution in [3.63, 3.8) is 0 Å². The van der Waals surface area contributed by atoms with Crippen LogP contribution in [-0.2, 0) is 28.8 Å². The molecular formula is C17H26O6. The van der Waals surface area contributed by atoms with Crippen LogP contribution in [0.3, 0.4) is 0 Å². The van der Waals surface area contributed by atoms with Crippen LogP contribution in [0.5, 0.6) is 0 Å². The average molecular weight is 326 g/mol. The Hall–Kier alpha value is -0.530. The van der Waals surface area contributed by atoms with E-state index in [9.17, 15) is 4.79 Å². The van der Waals surface area contributed by atoms with E-state index in [1.54, 1.807) is 0 Å². The molecule has 23 heavy (non-hydrogen) atoms. The highest BCUT2D eigenvalue weighted by Crippen LogP contribution is 2.59. The maximum absolute atomic E-state index is 12.6. The highest BCUT2D eigenvalue weighted by atomic mass is 17.3. The van der Waals surface area contributed by atoms with Crippen molar-refractivity contribution in [1.82, 2.24) is 0 Å².